The second-order valence-corrected chi connectivity index (χ2v) is 24.3. The van der Waals surface area contributed by atoms with Crippen LogP contribution < -0.4 is 0 Å². The van der Waals surface area contributed by atoms with Gasteiger partial charge in [-0.05, 0) is 140 Å². The highest BCUT2D eigenvalue weighted by Gasteiger charge is 2.49. The summed E-state index contributed by atoms with van der Waals surface area (Å²) in [5.41, 5.74) is -0.270. The topological polar surface area (TPSA) is 0 Å². The van der Waals surface area contributed by atoms with Crippen LogP contribution in [-0.4, -0.2) is 64.5 Å². The SMILES string of the molecule is CC.CC(C)C(Cl)CCC(CCl)CCCC(CCCl)(CCCC(C)(Cl)CCC(Cl)C(C)C)C(CCl)C(Cl)(CCl)CCC(Cl)C(C)(Cl)CCC(Cl)C(C)(C)Cl. The van der Waals surface area contributed by atoms with Crippen molar-refractivity contribution in [2.75, 3.05) is 23.5 Å². The van der Waals surface area contributed by atoms with Crippen LogP contribution in [0.2, 0.25) is 0 Å². The van der Waals surface area contributed by atoms with E-state index >= 15 is 0 Å². The third kappa shape index (κ3) is 23.1. The zero-order chi connectivity index (χ0) is 42.6. The molecule has 0 aliphatic heterocycles. The molecule has 0 radical (unpaired) electrons. The maximum Gasteiger partial charge on any atom is 0.0626 e. The van der Waals surface area contributed by atoms with Crippen LogP contribution in [0.25, 0.3) is 0 Å². The summed E-state index contributed by atoms with van der Waals surface area (Å²) in [6.45, 7) is 20.5. The van der Waals surface area contributed by atoms with Crippen LogP contribution >= 0.6 is 139 Å². The molecule has 0 aromatic heterocycles. The Morgan fingerprint density at radius 2 is 1.02 bits per heavy atom. The average molecular weight is 1010 g/mol. The average Bonchev–Trinajstić information content (AvgIpc) is 3.10. The lowest BCUT2D eigenvalue weighted by Gasteiger charge is -2.49. The summed E-state index contributed by atoms with van der Waals surface area (Å²) in [5, 5.41) is -0.366. The smallest absolute Gasteiger partial charge is 0.0626 e. The minimum Gasteiger partial charge on any atom is -0.127 e. The monoisotopic (exact) mass is 1000 g/mol. The molecule has 0 aromatic rings. The van der Waals surface area contributed by atoms with E-state index in [1.807, 2.05) is 34.6 Å². The molecule has 12 heteroatoms. The lowest BCUT2D eigenvalue weighted by molar-refractivity contribution is 0.0913. The molecule has 54 heavy (non-hydrogen) atoms. The number of alkyl halides is 12. The predicted octanol–water partition coefficient (Wildman–Crippen LogP) is 18.8. The van der Waals surface area contributed by atoms with Gasteiger partial charge in [0, 0.05) is 39.1 Å². The lowest BCUT2D eigenvalue weighted by atomic mass is 9.62. The Bertz CT molecular complexity index is 923. The van der Waals surface area contributed by atoms with Crippen LogP contribution in [-0.2, 0) is 0 Å². The summed E-state index contributed by atoms with van der Waals surface area (Å²) < 4.78 is 0. The van der Waals surface area contributed by atoms with Gasteiger partial charge in [-0.2, -0.15) is 0 Å². The van der Waals surface area contributed by atoms with E-state index < -0.39 is 14.6 Å². The minimum atomic E-state index is -0.828. The van der Waals surface area contributed by atoms with E-state index in [2.05, 4.69) is 34.6 Å². The Morgan fingerprint density at radius 3 is 1.48 bits per heavy atom. The second kappa shape index (κ2) is 29.7. The number of halogens is 12. The van der Waals surface area contributed by atoms with Gasteiger partial charge in [0.2, 0.25) is 0 Å². The molecule has 328 valence electrons. The first-order chi connectivity index (χ1) is 24.9. The van der Waals surface area contributed by atoms with Crippen molar-refractivity contribution in [3.05, 3.63) is 0 Å². The molecule has 10 unspecified atom stereocenters. The fraction of sp³-hybridized carbons (Fsp3) is 1.00. The number of hydrogen-bond donors (Lipinski definition) is 0. The number of hydrogen-bond acceptors (Lipinski definition) is 0. The van der Waals surface area contributed by atoms with Crippen LogP contribution in [0.1, 0.15) is 166 Å². The minimum absolute atomic E-state index is 0.100. The summed E-state index contributed by atoms with van der Waals surface area (Å²) in [6, 6.07) is 0. The molecule has 0 N–H and O–H groups in total. The first kappa shape index (κ1) is 59.6. The van der Waals surface area contributed by atoms with Crippen molar-refractivity contribution in [3.63, 3.8) is 0 Å². The largest absolute Gasteiger partial charge is 0.127 e. The lowest BCUT2D eigenvalue weighted by Crippen LogP contribution is -2.48. The van der Waals surface area contributed by atoms with E-state index in [4.69, 9.17) is 139 Å². The Labute approximate surface area is 394 Å². The van der Waals surface area contributed by atoms with E-state index in [1.54, 1.807) is 0 Å². The molecule has 0 aliphatic rings. The Kier molecular flexibility index (Phi) is 32.8. The van der Waals surface area contributed by atoms with Crippen LogP contribution in [0.3, 0.4) is 0 Å². The van der Waals surface area contributed by atoms with Crippen LogP contribution in [0.4, 0.5) is 0 Å². The summed E-state index contributed by atoms with van der Waals surface area (Å²) in [4.78, 5) is -2.46. The van der Waals surface area contributed by atoms with Gasteiger partial charge in [-0.25, -0.2) is 0 Å². The van der Waals surface area contributed by atoms with E-state index in [-0.39, 0.29) is 43.6 Å². The maximum absolute atomic E-state index is 7.68. The van der Waals surface area contributed by atoms with Crippen molar-refractivity contribution in [1.29, 1.82) is 0 Å². The molecule has 0 bridgehead atoms. The molecule has 0 aromatic carbocycles. The van der Waals surface area contributed by atoms with Gasteiger partial charge in [0.1, 0.15) is 0 Å². The summed E-state index contributed by atoms with van der Waals surface area (Å²) in [6.07, 6.45) is 12.3. The number of rotatable bonds is 31. The first-order valence-corrected chi connectivity index (χ1v) is 25.8. The third-order valence-corrected chi connectivity index (χ3v) is 17.9. The molecule has 0 saturated heterocycles. The summed E-state index contributed by atoms with van der Waals surface area (Å²) in [5.74, 6) is 2.73. The van der Waals surface area contributed by atoms with Crippen LogP contribution in [0, 0.1) is 29.1 Å². The van der Waals surface area contributed by atoms with Crippen molar-refractivity contribution in [3.8, 4) is 0 Å². The Hall–Kier alpha value is 3.48. The molecule has 0 rings (SSSR count). The van der Waals surface area contributed by atoms with E-state index in [0.717, 1.165) is 70.6 Å². The van der Waals surface area contributed by atoms with Crippen molar-refractivity contribution in [2.45, 2.75) is 207 Å². The molecule has 0 nitrogen and oxygen atoms in total. The summed E-state index contributed by atoms with van der Waals surface area (Å²) >= 11 is 82.3. The van der Waals surface area contributed by atoms with Crippen LogP contribution in [0.5, 0.6) is 0 Å². The molecule has 0 aliphatic carbocycles. The molecule has 0 amide bonds. The van der Waals surface area contributed by atoms with Gasteiger partial charge in [-0.1, -0.05) is 54.4 Å². The van der Waals surface area contributed by atoms with E-state index in [9.17, 15) is 0 Å². The standard InChI is InChI=1S/C40H70Cl12.C2H6/c1-28(2)31(45)13-12-30(25-42)11-9-18-39(23-24-41,19-10-17-37(7,50)20-14-32(46)29(3)4)33(26-43)40(52,27-44)22-16-35(48)38(8,51)21-15-34(47)36(5,6)49;1-2/h28-35H,9-27H2,1-8H3;1-2H3. The normalized spacial score (nSPS) is 20.4. The molecule has 0 heterocycles. The molecule has 10 atom stereocenters. The van der Waals surface area contributed by atoms with Gasteiger partial charge in [-0.3, -0.25) is 0 Å². The van der Waals surface area contributed by atoms with Gasteiger partial charge in [-0.15, -0.1) is 139 Å². The fourth-order valence-electron chi connectivity index (χ4n) is 7.32. The highest BCUT2D eigenvalue weighted by atomic mass is 35.5. The van der Waals surface area contributed by atoms with Gasteiger partial charge in [0.15, 0.2) is 0 Å². The summed E-state index contributed by atoms with van der Waals surface area (Å²) in [7, 11) is 0. The van der Waals surface area contributed by atoms with Crippen molar-refractivity contribution in [2.24, 2.45) is 29.1 Å². The van der Waals surface area contributed by atoms with Gasteiger partial charge < -0.3 is 0 Å². The van der Waals surface area contributed by atoms with Gasteiger partial charge >= 0.3 is 0 Å². The maximum atomic E-state index is 7.68. The highest BCUT2D eigenvalue weighted by Crippen LogP contribution is 2.53. The molecular formula is C42H76Cl12. The van der Waals surface area contributed by atoms with Crippen molar-refractivity contribution in [1.82, 2.24) is 0 Å². The van der Waals surface area contributed by atoms with E-state index in [1.165, 1.54) is 0 Å². The quantitative estimate of drug-likeness (QED) is 0.0607. The molecule has 0 spiro atoms. The zero-order valence-electron chi connectivity index (χ0n) is 35.1. The van der Waals surface area contributed by atoms with Crippen molar-refractivity contribution >= 4 is 139 Å². The third-order valence-electron chi connectivity index (χ3n) is 11.5. The van der Waals surface area contributed by atoms with Crippen LogP contribution in [0.15, 0.2) is 0 Å². The van der Waals surface area contributed by atoms with Gasteiger partial charge in [0.05, 0.1) is 25.4 Å². The predicted molar refractivity (Wildman–Crippen MR) is 258 cm³/mol. The highest BCUT2D eigenvalue weighted by molar-refractivity contribution is 6.34. The van der Waals surface area contributed by atoms with E-state index in [0.29, 0.717) is 61.1 Å². The molecule has 0 saturated carbocycles. The fourth-order valence-corrected chi connectivity index (χ4v) is 10.6. The Morgan fingerprint density at radius 1 is 0.500 bits per heavy atom. The second-order valence-electron chi connectivity index (χ2n) is 17.3. The Balaban J connectivity index is 0. The van der Waals surface area contributed by atoms with Gasteiger partial charge in [0.25, 0.3) is 0 Å². The molecular weight excluding hydrogens is 930 g/mol. The zero-order valence-corrected chi connectivity index (χ0v) is 44.2. The first-order valence-electron chi connectivity index (χ1n) is 20.4. The molecule has 0 fully saturated rings. The van der Waals surface area contributed by atoms with Crippen molar-refractivity contribution < 1.29 is 0 Å².